The second kappa shape index (κ2) is 65.6. The molecule has 0 saturated heterocycles. The van der Waals surface area contributed by atoms with Crippen LogP contribution in [0.15, 0.2) is 60.8 Å². The molecule has 1 unspecified atom stereocenters. The van der Waals surface area contributed by atoms with Crippen LogP contribution in [0.4, 0.5) is 0 Å². The molecule has 0 heterocycles. The molecule has 0 aliphatic carbocycles. The second-order valence-electron chi connectivity index (χ2n) is 22.7. The van der Waals surface area contributed by atoms with Gasteiger partial charge in [0.2, 0.25) is 0 Å². The van der Waals surface area contributed by atoms with Crippen LogP contribution in [0.3, 0.4) is 0 Å². The third-order valence-electron chi connectivity index (χ3n) is 15.0. The molecule has 1 atom stereocenters. The number of esters is 3. The Labute approximate surface area is 479 Å². The minimum atomic E-state index is -0.785. The van der Waals surface area contributed by atoms with Crippen LogP contribution in [0.25, 0.3) is 0 Å². The molecule has 0 saturated carbocycles. The van der Waals surface area contributed by atoms with Crippen molar-refractivity contribution in [1.29, 1.82) is 0 Å². The Morgan fingerprint density at radius 3 is 0.740 bits per heavy atom. The van der Waals surface area contributed by atoms with Crippen LogP contribution in [0.1, 0.15) is 355 Å². The number of rotatable bonds is 62. The Balaban J connectivity index is 4.28. The van der Waals surface area contributed by atoms with E-state index in [9.17, 15) is 14.4 Å². The van der Waals surface area contributed by atoms with E-state index in [2.05, 4.69) is 81.5 Å². The van der Waals surface area contributed by atoms with E-state index in [1.807, 2.05) is 0 Å². The molecular weight excluding hydrogens is 949 g/mol. The van der Waals surface area contributed by atoms with Crippen LogP contribution in [0, 0.1) is 0 Å². The van der Waals surface area contributed by atoms with Crippen LogP contribution >= 0.6 is 0 Å². The highest BCUT2D eigenvalue weighted by Gasteiger charge is 2.19. The molecule has 0 rings (SSSR count). The summed E-state index contributed by atoms with van der Waals surface area (Å²) >= 11 is 0. The Bertz CT molecular complexity index is 1380. The molecule has 77 heavy (non-hydrogen) atoms. The summed E-state index contributed by atoms with van der Waals surface area (Å²) in [6, 6.07) is 0. The van der Waals surface area contributed by atoms with Crippen molar-refractivity contribution < 1.29 is 28.6 Å². The summed E-state index contributed by atoms with van der Waals surface area (Å²) in [6.07, 6.45) is 83.8. The zero-order chi connectivity index (χ0) is 55.7. The van der Waals surface area contributed by atoms with Gasteiger partial charge >= 0.3 is 17.9 Å². The molecule has 0 aliphatic rings. The summed E-state index contributed by atoms with van der Waals surface area (Å²) in [5.41, 5.74) is 0. The first-order valence-corrected chi connectivity index (χ1v) is 33.8. The first-order valence-electron chi connectivity index (χ1n) is 33.8. The fraction of sp³-hybridized carbons (Fsp3) is 0.817. The van der Waals surface area contributed by atoms with Gasteiger partial charge in [-0.15, -0.1) is 0 Å². The molecule has 0 aliphatic heterocycles. The highest BCUT2D eigenvalue weighted by molar-refractivity contribution is 5.71. The lowest BCUT2D eigenvalue weighted by atomic mass is 10.0. The van der Waals surface area contributed by atoms with Crippen molar-refractivity contribution in [3.05, 3.63) is 60.8 Å². The number of carbonyl (C=O) groups is 3. The van der Waals surface area contributed by atoms with Crippen LogP contribution in [-0.4, -0.2) is 37.2 Å². The molecule has 0 bridgehead atoms. The van der Waals surface area contributed by atoms with E-state index in [4.69, 9.17) is 14.2 Å². The van der Waals surface area contributed by atoms with Crippen LogP contribution in [-0.2, 0) is 28.6 Å². The van der Waals surface area contributed by atoms with Gasteiger partial charge in [0, 0.05) is 19.3 Å². The van der Waals surface area contributed by atoms with E-state index in [0.717, 1.165) is 96.3 Å². The summed E-state index contributed by atoms with van der Waals surface area (Å²) in [5.74, 6) is -0.884. The fourth-order valence-corrected chi connectivity index (χ4v) is 9.85. The lowest BCUT2D eigenvalue weighted by Crippen LogP contribution is -2.30. The van der Waals surface area contributed by atoms with Crippen molar-refractivity contribution in [2.45, 2.75) is 361 Å². The maximum atomic E-state index is 12.9. The molecule has 448 valence electrons. The summed E-state index contributed by atoms with van der Waals surface area (Å²) in [5, 5.41) is 0. The van der Waals surface area contributed by atoms with Crippen molar-refractivity contribution >= 4 is 17.9 Å². The zero-order valence-electron chi connectivity index (χ0n) is 51.5. The van der Waals surface area contributed by atoms with Crippen molar-refractivity contribution in [1.82, 2.24) is 0 Å². The normalized spacial score (nSPS) is 12.4. The third kappa shape index (κ3) is 63.8. The number of hydrogen-bond acceptors (Lipinski definition) is 6. The topological polar surface area (TPSA) is 78.9 Å². The predicted molar refractivity (Wildman–Crippen MR) is 335 cm³/mol. The largest absolute Gasteiger partial charge is 0.462 e. The van der Waals surface area contributed by atoms with Gasteiger partial charge < -0.3 is 14.2 Å². The maximum absolute atomic E-state index is 12.9. The molecule has 0 spiro atoms. The first-order chi connectivity index (χ1) is 38.0. The van der Waals surface area contributed by atoms with Crippen molar-refractivity contribution in [3.8, 4) is 0 Å². The van der Waals surface area contributed by atoms with E-state index >= 15 is 0 Å². The molecular formula is C71H128O6. The smallest absolute Gasteiger partial charge is 0.306 e. The lowest BCUT2D eigenvalue weighted by molar-refractivity contribution is -0.167. The van der Waals surface area contributed by atoms with E-state index in [-0.39, 0.29) is 31.1 Å². The maximum Gasteiger partial charge on any atom is 0.306 e. The van der Waals surface area contributed by atoms with Gasteiger partial charge in [0.1, 0.15) is 13.2 Å². The predicted octanol–water partition coefficient (Wildman–Crippen LogP) is 23.1. The van der Waals surface area contributed by atoms with Gasteiger partial charge in [-0.1, -0.05) is 287 Å². The van der Waals surface area contributed by atoms with E-state index in [1.165, 1.54) is 218 Å². The number of allylic oxidation sites excluding steroid dienone is 10. The monoisotopic (exact) mass is 1080 g/mol. The minimum Gasteiger partial charge on any atom is -0.462 e. The Morgan fingerprint density at radius 2 is 0.468 bits per heavy atom. The van der Waals surface area contributed by atoms with Crippen molar-refractivity contribution in [2.75, 3.05) is 13.2 Å². The van der Waals surface area contributed by atoms with Crippen LogP contribution in [0.2, 0.25) is 0 Å². The summed E-state index contributed by atoms with van der Waals surface area (Å²) in [7, 11) is 0. The highest BCUT2D eigenvalue weighted by atomic mass is 16.6. The van der Waals surface area contributed by atoms with Crippen LogP contribution < -0.4 is 0 Å². The molecule has 0 N–H and O–H groups in total. The highest BCUT2D eigenvalue weighted by Crippen LogP contribution is 2.17. The fourth-order valence-electron chi connectivity index (χ4n) is 9.85. The van der Waals surface area contributed by atoms with Gasteiger partial charge in [0.15, 0.2) is 6.10 Å². The van der Waals surface area contributed by atoms with E-state index < -0.39 is 6.10 Å². The van der Waals surface area contributed by atoms with Crippen molar-refractivity contribution in [2.24, 2.45) is 0 Å². The molecule has 0 aromatic rings. The molecule has 0 aromatic carbocycles. The minimum absolute atomic E-state index is 0.0801. The number of carbonyl (C=O) groups excluding carboxylic acids is 3. The van der Waals surface area contributed by atoms with Crippen molar-refractivity contribution in [3.63, 3.8) is 0 Å². The quantitative estimate of drug-likeness (QED) is 0.0261. The van der Waals surface area contributed by atoms with Gasteiger partial charge in [0.05, 0.1) is 0 Å². The molecule has 6 nitrogen and oxygen atoms in total. The average molecular weight is 1080 g/mol. The summed E-state index contributed by atoms with van der Waals surface area (Å²) in [6.45, 7) is 6.64. The molecule has 0 radical (unpaired) electrons. The van der Waals surface area contributed by atoms with Crippen LogP contribution in [0.5, 0.6) is 0 Å². The standard InChI is InChI=1S/C71H128O6/c1-4-7-10-13-16-19-22-25-28-31-32-33-34-35-36-37-38-39-40-41-44-46-49-52-55-58-61-64-70(73)76-67-68(77-71(74)65-62-59-56-53-50-47-43-30-27-24-21-18-15-12-9-6-3)66-75-69(72)63-60-57-54-51-48-45-42-29-26-23-20-17-14-11-8-5-2/h21-22,24-25,29-32,42-43,68H,4-20,23,26-28,33-41,44-67H2,1-3H3/b24-21-,25-22-,32-31-,42-29-,43-30-. The SMILES string of the molecule is CCCCCC/C=C\C/C=C\CCCCCCCC(=O)OC(COC(=O)CCCCCCC/C=C\CCCCCCCCC)COC(=O)CCCCCCCCCCCCCCCCC/C=C\C/C=C\CCCCCCC. The summed E-state index contributed by atoms with van der Waals surface area (Å²) in [4.78, 5) is 38.4. The van der Waals surface area contributed by atoms with Gasteiger partial charge in [-0.2, -0.15) is 0 Å². The van der Waals surface area contributed by atoms with Gasteiger partial charge in [0.25, 0.3) is 0 Å². The number of ether oxygens (including phenoxy) is 3. The molecule has 0 amide bonds. The van der Waals surface area contributed by atoms with E-state index in [1.54, 1.807) is 0 Å². The molecule has 6 heteroatoms. The summed E-state index contributed by atoms with van der Waals surface area (Å²) < 4.78 is 16.9. The molecule has 0 aromatic heterocycles. The van der Waals surface area contributed by atoms with E-state index in [0.29, 0.717) is 19.3 Å². The Hall–Kier alpha value is -2.89. The average Bonchev–Trinajstić information content (AvgIpc) is 3.43. The lowest BCUT2D eigenvalue weighted by Gasteiger charge is -2.18. The first kappa shape index (κ1) is 74.1. The van der Waals surface area contributed by atoms with Gasteiger partial charge in [-0.25, -0.2) is 0 Å². The Morgan fingerprint density at radius 1 is 0.260 bits per heavy atom. The third-order valence-corrected chi connectivity index (χ3v) is 15.0. The number of unbranched alkanes of at least 4 members (excludes halogenated alkanes) is 41. The van der Waals surface area contributed by atoms with Gasteiger partial charge in [-0.05, 0) is 109 Å². The molecule has 0 fully saturated rings. The second-order valence-corrected chi connectivity index (χ2v) is 22.7. The zero-order valence-corrected chi connectivity index (χ0v) is 51.5. The van der Waals surface area contributed by atoms with Gasteiger partial charge in [-0.3, -0.25) is 14.4 Å². The Kier molecular flexibility index (Phi) is 63.2. The number of hydrogen-bond donors (Lipinski definition) is 0.